The predicted molar refractivity (Wildman–Crippen MR) is 118 cm³/mol. The molecule has 164 valence electrons. The molecular weight excluding hydrogens is 433 g/mol. The quantitative estimate of drug-likeness (QED) is 0.603. The lowest BCUT2D eigenvalue weighted by molar-refractivity contribution is -0.123. The molecule has 32 heavy (non-hydrogen) atoms. The Labute approximate surface area is 189 Å². The molecule has 0 radical (unpaired) electrons. The second kappa shape index (κ2) is 8.59. The highest BCUT2D eigenvalue weighted by Crippen LogP contribution is 2.43. The van der Waals surface area contributed by atoms with Crippen molar-refractivity contribution in [2.75, 3.05) is 0 Å². The van der Waals surface area contributed by atoms with Crippen LogP contribution in [0.1, 0.15) is 51.1 Å². The van der Waals surface area contributed by atoms with E-state index in [1.165, 1.54) is 29.3 Å². The van der Waals surface area contributed by atoms with Crippen LogP contribution in [0.5, 0.6) is 5.75 Å². The van der Waals surface area contributed by atoms with E-state index in [1.54, 1.807) is 30.5 Å². The Morgan fingerprint density at radius 2 is 2.00 bits per heavy atom. The summed E-state index contributed by atoms with van der Waals surface area (Å²) >= 11 is 6.12. The van der Waals surface area contributed by atoms with E-state index in [1.807, 2.05) is 6.92 Å². The van der Waals surface area contributed by atoms with Gasteiger partial charge in [0.25, 0.3) is 5.91 Å². The van der Waals surface area contributed by atoms with Crippen LogP contribution in [0.2, 0.25) is 5.02 Å². The van der Waals surface area contributed by atoms with Crippen LogP contribution in [-0.2, 0) is 11.2 Å². The Bertz CT molecular complexity index is 1220. The number of nitrogens with zero attached hydrogens (tertiary/aromatic N) is 2. The molecule has 2 atom stereocenters. The average molecular weight is 454 g/mol. The molecule has 0 saturated heterocycles. The molecule has 1 aromatic heterocycles. The summed E-state index contributed by atoms with van der Waals surface area (Å²) in [5, 5.41) is 10.5. The molecule has 3 aromatic rings. The van der Waals surface area contributed by atoms with Crippen LogP contribution in [0.4, 0.5) is 4.39 Å². The Kier molecular flexibility index (Phi) is 5.84. The zero-order valence-electron chi connectivity index (χ0n) is 17.3. The number of nitrogens with two attached hydrogens (primary N) is 1. The first-order valence-corrected chi connectivity index (χ1v) is 10.4. The first kappa shape index (κ1) is 21.8. The van der Waals surface area contributed by atoms with Gasteiger partial charge in [-0.25, -0.2) is 4.39 Å². The van der Waals surface area contributed by atoms with E-state index in [9.17, 15) is 19.1 Å². The molecule has 2 aromatic carbocycles. The number of amides is 2. The number of rotatable bonds is 5. The number of para-hydroxylation sites is 1. The number of phenols is 1. The van der Waals surface area contributed by atoms with Gasteiger partial charge in [0, 0.05) is 23.0 Å². The molecule has 1 aliphatic carbocycles. The zero-order valence-corrected chi connectivity index (χ0v) is 18.0. The Hall–Kier alpha value is -3.45. The van der Waals surface area contributed by atoms with Crippen molar-refractivity contribution in [2.24, 2.45) is 5.73 Å². The van der Waals surface area contributed by atoms with Crippen LogP contribution in [0, 0.1) is 12.7 Å². The lowest BCUT2D eigenvalue weighted by Crippen LogP contribution is -2.43. The number of aryl methyl sites for hydroxylation is 1. The number of benzene rings is 2. The fraction of sp³-hybridized carbons (Fsp3) is 0.208. The van der Waals surface area contributed by atoms with Crippen LogP contribution < -0.4 is 5.73 Å². The number of fused-ring (bicyclic) bond motifs is 1. The van der Waals surface area contributed by atoms with Crippen molar-refractivity contribution in [3.63, 3.8) is 0 Å². The molecule has 8 heteroatoms. The number of halogens is 2. The largest absolute Gasteiger partial charge is 0.507 e. The summed E-state index contributed by atoms with van der Waals surface area (Å²) in [6.45, 7) is 1.81. The highest BCUT2D eigenvalue weighted by molar-refractivity contribution is 6.30. The summed E-state index contributed by atoms with van der Waals surface area (Å²) < 4.78 is 14.6. The predicted octanol–water partition coefficient (Wildman–Crippen LogP) is 4.24. The van der Waals surface area contributed by atoms with E-state index < -0.39 is 29.7 Å². The highest BCUT2D eigenvalue weighted by atomic mass is 35.5. The molecule has 0 aliphatic heterocycles. The third-order valence-corrected chi connectivity index (χ3v) is 5.90. The van der Waals surface area contributed by atoms with Gasteiger partial charge < -0.3 is 15.7 Å². The molecule has 4 rings (SSSR count). The summed E-state index contributed by atoms with van der Waals surface area (Å²) in [5.74, 6) is -2.06. The third kappa shape index (κ3) is 3.91. The van der Waals surface area contributed by atoms with Gasteiger partial charge in [-0.2, -0.15) is 0 Å². The van der Waals surface area contributed by atoms with Gasteiger partial charge in [0.1, 0.15) is 17.6 Å². The van der Waals surface area contributed by atoms with Crippen LogP contribution in [0.3, 0.4) is 0 Å². The molecular formula is C24H21ClFN3O3. The monoisotopic (exact) mass is 453 g/mol. The minimum atomic E-state index is -1.19. The van der Waals surface area contributed by atoms with Crippen molar-refractivity contribution in [3.05, 3.63) is 93.5 Å². The molecule has 0 spiro atoms. The van der Waals surface area contributed by atoms with Crippen LogP contribution >= 0.6 is 11.6 Å². The minimum absolute atomic E-state index is 0.00955. The number of pyridine rings is 1. The SMILES string of the molecule is Cc1cncc([C@H](C(N)=O)N(C(=O)c2ccccc2O)[C@@H]2CCc3c(F)cc(Cl)cc32)c1. The highest BCUT2D eigenvalue weighted by Gasteiger charge is 2.41. The number of aromatic hydroxyl groups is 1. The number of hydrogen-bond acceptors (Lipinski definition) is 4. The second-order valence-electron chi connectivity index (χ2n) is 7.84. The van der Waals surface area contributed by atoms with Gasteiger partial charge in [0.15, 0.2) is 0 Å². The summed E-state index contributed by atoms with van der Waals surface area (Å²) in [6.07, 6.45) is 3.83. The van der Waals surface area contributed by atoms with Crippen molar-refractivity contribution >= 4 is 23.4 Å². The smallest absolute Gasteiger partial charge is 0.259 e. The molecule has 1 heterocycles. The van der Waals surface area contributed by atoms with Crippen molar-refractivity contribution < 1.29 is 19.1 Å². The maximum Gasteiger partial charge on any atom is 0.259 e. The van der Waals surface area contributed by atoms with Gasteiger partial charge >= 0.3 is 0 Å². The van der Waals surface area contributed by atoms with Crippen molar-refractivity contribution in [1.29, 1.82) is 0 Å². The molecule has 0 unspecified atom stereocenters. The summed E-state index contributed by atoms with van der Waals surface area (Å²) in [7, 11) is 0. The van der Waals surface area contributed by atoms with Crippen LogP contribution in [0.15, 0.2) is 54.9 Å². The Morgan fingerprint density at radius 1 is 1.25 bits per heavy atom. The maximum absolute atomic E-state index is 14.6. The number of carbonyl (C=O) groups is 2. The summed E-state index contributed by atoms with van der Waals surface area (Å²) in [5.41, 5.74) is 7.98. The maximum atomic E-state index is 14.6. The third-order valence-electron chi connectivity index (χ3n) is 5.69. The van der Waals surface area contributed by atoms with Gasteiger partial charge in [0.2, 0.25) is 5.91 Å². The van der Waals surface area contributed by atoms with Gasteiger partial charge in [-0.05, 0) is 60.7 Å². The van der Waals surface area contributed by atoms with E-state index in [-0.39, 0.29) is 16.3 Å². The lowest BCUT2D eigenvalue weighted by Gasteiger charge is -2.36. The van der Waals surface area contributed by atoms with Crippen molar-refractivity contribution in [1.82, 2.24) is 9.88 Å². The Morgan fingerprint density at radius 3 is 2.69 bits per heavy atom. The molecule has 2 amide bonds. The molecule has 0 saturated carbocycles. The number of aromatic nitrogens is 1. The number of carbonyl (C=O) groups excluding carboxylic acids is 2. The molecule has 1 aliphatic rings. The first-order chi connectivity index (χ1) is 15.3. The molecule has 3 N–H and O–H groups in total. The van der Waals surface area contributed by atoms with E-state index in [4.69, 9.17) is 17.3 Å². The second-order valence-corrected chi connectivity index (χ2v) is 8.28. The van der Waals surface area contributed by atoms with E-state index in [0.29, 0.717) is 29.5 Å². The van der Waals surface area contributed by atoms with Gasteiger partial charge in [-0.1, -0.05) is 29.8 Å². The van der Waals surface area contributed by atoms with Crippen molar-refractivity contribution in [2.45, 2.75) is 31.8 Å². The Balaban J connectivity index is 1.91. The lowest BCUT2D eigenvalue weighted by atomic mass is 9.98. The van der Waals surface area contributed by atoms with Gasteiger partial charge in [-0.15, -0.1) is 0 Å². The van der Waals surface area contributed by atoms with E-state index >= 15 is 0 Å². The topological polar surface area (TPSA) is 96.5 Å². The fourth-order valence-electron chi connectivity index (χ4n) is 4.33. The zero-order chi connectivity index (χ0) is 23.0. The average Bonchev–Trinajstić information content (AvgIpc) is 3.15. The minimum Gasteiger partial charge on any atom is -0.507 e. The summed E-state index contributed by atoms with van der Waals surface area (Å²) in [6, 6.07) is 8.75. The number of phenolic OH excluding ortho intramolecular Hbond substituents is 1. The number of primary amides is 1. The van der Waals surface area contributed by atoms with Gasteiger partial charge in [-0.3, -0.25) is 14.6 Å². The summed E-state index contributed by atoms with van der Waals surface area (Å²) in [4.78, 5) is 31.9. The molecule has 0 bridgehead atoms. The standard InChI is InChI=1S/C24H21ClFN3O3/c1-13-8-14(12-28-11-13)22(23(27)31)29(24(32)17-4-2-3-5-21(17)30)20-7-6-16-18(20)9-15(25)10-19(16)26/h2-5,8-12,20,22,30H,6-7H2,1H3,(H2,27,31)/t20-,22-/m1/s1. The fourth-order valence-corrected chi connectivity index (χ4v) is 4.55. The van der Waals surface area contributed by atoms with E-state index in [0.717, 1.165) is 5.56 Å². The van der Waals surface area contributed by atoms with Gasteiger partial charge in [0.05, 0.1) is 11.6 Å². The van der Waals surface area contributed by atoms with Crippen molar-refractivity contribution in [3.8, 4) is 5.75 Å². The number of hydrogen-bond donors (Lipinski definition) is 2. The van der Waals surface area contributed by atoms with Crippen LogP contribution in [0.25, 0.3) is 0 Å². The van der Waals surface area contributed by atoms with Crippen LogP contribution in [-0.4, -0.2) is 26.8 Å². The first-order valence-electron chi connectivity index (χ1n) is 10.1. The normalized spacial score (nSPS) is 15.8. The molecule has 0 fully saturated rings. The van der Waals surface area contributed by atoms with E-state index in [2.05, 4.69) is 4.98 Å². The molecule has 6 nitrogen and oxygen atoms in total.